The van der Waals surface area contributed by atoms with E-state index in [0.717, 1.165) is 24.3 Å². The molecular formula is C20H27NO3. The van der Waals surface area contributed by atoms with Gasteiger partial charge < -0.3 is 19.9 Å². The first kappa shape index (κ1) is 18.1. The minimum absolute atomic E-state index is 0.171. The molecule has 0 aromatic heterocycles. The number of phenols is 1. The van der Waals surface area contributed by atoms with Gasteiger partial charge in [0.1, 0.15) is 12.4 Å². The summed E-state index contributed by atoms with van der Waals surface area (Å²) in [6.45, 7) is 7.72. The van der Waals surface area contributed by atoms with Crippen LogP contribution < -0.4 is 14.8 Å². The summed E-state index contributed by atoms with van der Waals surface area (Å²) >= 11 is 0. The first-order valence-electron chi connectivity index (χ1n) is 8.29. The highest BCUT2D eigenvalue weighted by atomic mass is 16.5. The highest BCUT2D eigenvalue weighted by molar-refractivity contribution is 5.42. The predicted octanol–water partition coefficient (Wildman–Crippen LogP) is 3.62. The smallest absolute Gasteiger partial charge is 0.160 e. The summed E-state index contributed by atoms with van der Waals surface area (Å²) in [5.74, 6) is 1.66. The molecule has 4 nitrogen and oxygen atoms in total. The van der Waals surface area contributed by atoms with Crippen LogP contribution in [0.15, 0.2) is 36.4 Å². The van der Waals surface area contributed by atoms with Crippen LogP contribution in [0.5, 0.6) is 17.2 Å². The Labute approximate surface area is 144 Å². The lowest BCUT2D eigenvalue weighted by atomic mass is 10.1. The molecule has 1 unspecified atom stereocenters. The molecule has 4 heteroatoms. The van der Waals surface area contributed by atoms with Crippen molar-refractivity contribution in [1.29, 1.82) is 0 Å². The molecule has 2 aromatic carbocycles. The van der Waals surface area contributed by atoms with Crippen LogP contribution in [0, 0.1) is 13.8 Å². The van der Waals surface area contributed by atoms with Crippen molar-refractivity contribution in [2.24, 2.45) is 0 Å². The Morgan fingerprint density at radius 3 is 2.50 bits per heavy atom. The molecule has 0 spiro atoms. The molecule has 0 bridgehead atoms. The summed E-state index contributed by atoms with van der Waals surface area (Å²) in [6.07, 6.45) is 0.865. The van der Waals surface area contributed by atoms with Crippen molar-refractivity contribution in [1.82, 2.24) is 5.32 Å². The van der Waals surface area contributed by atoms with E-state index >= 15 is 0 Å². The molecule has 0 saturated carbocycles. The molecule has 0 aliphatic rings. The van der Waals surface area contributed by atoms with Crippen LogP contribution in [0.1, 0.15) is 23.6 Å². The Kier molecular flexibility index (Phi) is 6.50. The number of ether oxygens (including phenoxy) is 2. The predicted molar refractivity (Wildman–Crippen MR) is 97.2 cm³/mol. The molecule has 0 amide bonds. The Bertz CT molecular complexity index is 650. The zero-order chi connectivity index (χ0) is 17.5. The number of aryl methyl sites for hydroxylation is 2. The summed E-state index contributed by atoms with van der Waals surface area (Å²) in [5, 5.41) is 13.1. The third-order valence-corrected chi connectivity index (χ3v) is 4.04. The molecule has 2 aromatic rings. The fraction of sp³-hybridized carbons (Fsp3) is 0.400. The van der Waals surface area contributed by atoms with Crippen LogP contribution >= 0.6 is 0 Å². The number of nitrogens with one attached hydrogen (secondary N) is 1. The van der Waals surface area contributed by atoms with Gasteiger partial charge in [-0.05, 0) is 62.6 Å². The van der Waals surface area contributed by atoms with E-state index in [0.29, 0.717) is 12.4 Å². The van der Waals surface area contributed by atoms with Crippen LogP contribution in [0.4, 0.5) is 0 Å². The van der Waals surface area contributed by atoms with E-state index in [-0.39, 0.29) is 11.8 Å². The molecule has 0 aliphatic heterocycles. The topological polar surface area (TPSA) is 50.7 Å². The average Bonchev–Trinajstić information content (AvgIpc) is 2.56. The zero-order valence-corrected chi connectivity index (χ0v) is 14.9. The van der Waals surface area contributed by atoms with Crippen molar-refractivity contribution in [2.45, 2.75) is 33.2 Å². The van der Waals surface area contributed by atoms with Crippen LogP contribution in [0.2, 0.25) is 0 Å². The fourth-order valence-electron chi connectivity index (χ4n) is 2.63. The van der Waals surface area contributed by atoms with E-state index in [2.05, 4.69) is 38.2 Å². The SMILES string of the molecule is COc1cc(CCNC(C)COc2c(C)cccc2C)ccc1O. The van der Waals surface area contributed by atoms with Crippen LogP contribution in [0.3, 0.4) is 0 Å². The second-order valence-corrected chi connectivity index (χ2v) is 6.14. The fourth-order valence-corrected chi connectivity index (χ4v) is 2.63. The third kappa shape index (κ3) is 4.90. The second-order valence-electron chi connectivity index (χ2n) is 6.14. The van der Waals surface area contributed by atoms with E-state index in [9.17, 15) is 5.11 Å². The van der Waals surface area contributed by atoms with Crippen molar-refractivity contribution in [3.63, 3.8) is 0 Å². The summed E-state index contributed by atoms with van der Waals surface area (Å²) in [4.78, 5) is 0. The molecule has 1 atom stereocenters. The van der Waals surface area contributed by atoms with E-state index in [1.165, 1.54) is 11.1 Å². The highest BCUT2D eigenvalue weighted by Crippen LogP contribution is 2.26. The van der Waals surface area contributed by atoms with Crippen LogP contribution in [0.25, 0.3) is 0 Å². The highest BCUT2D eigenvalue weighted by Gasteiger charge is 2.07. The van der Waals surface area contributed by atoms with E-state index in [1.54, 1.807) is 13.2 Å². The molecule has 2 N–H and O–H groups in total. The Morgan fingerprint density at radius 2 is 1.83 bits per heavy atom. The summed E-state index contributed by atoms with van der Waals surface area (Å²) in [5.41, 5.74) is 3.46. The summed E-state index contributed by atoms with van der Waals surface area (Å²) in [6, 6.07) is 11.9. The van der Waals surface area contributed by atoms with Gasteiger partial charge in [0.05, 0.1) is 7.11 Å². The van der Waals surface area contributed by atoms with Gasteiger partial charge in [-0.1, -0.05) is 24.3 Å². The molecule has 0 heterocycles. The molecule has 130 valence electrons. The number of phenolic OH excluding ortho intramolecular Hbond substituents is 1. The lowest BCUT2D eigenvalue weighted by Crippen LogP contribution is -2.33. The van der Waals surface area contributed by atoms with Gasteiger partial charge in [-0.3, -0.25) is 0 Å². The summed E-state index contributed by atoms with van der Waals surface area (Å²) < 4.78 is 11.1. The minimum Gasteiger partial charge on any atom is -0.504 e. The van der Waals surface area contributed by atoms with Crippen molar-refractivity contribution < 1.29 is 14.6 Å². The average molecular weight is 329 g/mol. The van der Waals surface area contributed by atoms with Crippen molar-refractivity contribution in [3.8, 4) is 17.2 Å². The van der Waals surface area contributed by atoms with Gasteiger partial charge >= 0.3 is 0 Å². The van der Waals surface area contributed by atoms with Crippen molar-refractivity contribution in [2.75, 3.05) is 20.3 Å². The maximum absolute atomic E-state index is 9.61. The minimum atomic E-state index is 0.171. The molecule has 0 fully saturated rings. The van der Waals surface area contributed by atoms with Gasteiger partial charge in [-0.2, -0.15) is 0 Å². The van der Waals surface area contributed by atoms with Crippen molar-refractivity contribution >= 4 is 0 Å². The van der Waals surface area contributed by atoms with Crippen molar-refractivity contribution in [3.05, 3.63) is 53.1 Å². The Hall–Kier alpha value is -2.20. The van der Waals surface area contributed by atoms with Crippen LogP contribution in [-0.2, 0) is 6.42 Å². The maximum Gasteiger partial charge on any atom is 0.160 e. The Balaban J connectivity index is 1.78. The number of benzene rings is 2. The number of aromatic hydroxyl groups is 1. The maximum atomic E-state index is 9.61. The number of rotatable bonds is 8. The van der Waals surface area contributed by atoms with E-state index < -0.39 is 0 Å². The normalized spacial score (nSPS) is 12.0. The lowest BCUT2D eigenvalue weighted by molar-refractivity contribution is 0.271. The van der Waals surface area contributed by atoms with Gasteiger partial charge in [0, 0.05) is 6.04 Å². The molecule has 2 rings (SSSR count). The molecule has 0 saturated heterocycles. The second kappa shape index (κ2) is 8.60. The molecule has 0 aliphatic carbocycles. The van der Waals surface area contributed by atoms with E-state index in [4.69, 9.17) is 9.47 Å². The van der Waals surface area contributed by atoms with Gasteiger partial charge in [0.25, 0.3) is 0 Å². The first-order valence-corrected chi connectivity index (χ1v) is 8.29. The number of methoxy groups -OCH3 is 1. The number of hydrogen-bond acceptors (Lipinski definition) is 4. The lowest BCUT2D eigenvalue weighted by Gasteiger charge is -2.17. The van der Waals surface area contributed by atoms with Crippen LogP contribution in [-0.4, -0.2) is 31.4 Å². The molecular weight excluding hydrogens is 302 g/mol. The molecule has 24 heavy (non-hydrogen) atoms. The third-order valence-electron chi connectivity index (χ3n) is 4.04. The largest absolute Gasteiger partial charge is 0.504 e. The Morgan fingerprint density at radius 1 is 1.12 bits per heavy atom. The first-order chi connectivity index (χ1) is 11.5. The quantitative estimate of drug-likeness (QED) is 0.777. The van der Waals surface area contributed by atoms with Gasteiger partial charge in [0.2, 0.25) is 0 Å². The zero-order valence-electron chi connectivity index (χ0n) is 14.9. The number of hydrogen-bond donors (Lipinski definition) is 2. The standard InChI is InChI=1S/C20H27NO3/c1-14-6-5-7-15(2)20(14)24-13-16(3)21-11-10-17-8-9-18(22)19(12-17)23-4/h5-9,12,16,21-22H,10-11,13H2,1-4H3. The monoisotopic (exact) mass is 329 g/mol. The van der Waals surface area contributed by atoms with E-state index in [1.807, 2.05) is 18.2 Å². The van der Waals surface area contributed by atoms with Gasteiger partial charge in [-0.25, -0.2) is 0 Å². The van der Waals surface area contributed by atoms with Gasteiger partial charge in [-0.15, -0.1) is 0 Å². The summed E-state index contributed by atoms with van der Waals surface area (Å²) in [7, 11) is 1.56. The van der Waals surface area contributed by atoms with Gasteiger partial charge in [0.15, 0.2) is 11.5 Å². The molecule has 0 radical (unpaired) electrons. The number of para-hydroxylation sites is 1.